The largest absolute Gasteiger partial charge is 0.345 e. The van der Waals surface area contributed by atoms with Crippen molar-refractivity contribution in [2.75, 3.05) is 6.54 Å². The zero-order chi connectivity index (χ0) is 14.0. The number of aromatic amines is 1. The first-order valence-electron chi connectivity index (χ1n) is 6.55. The molecule has 0 saturated carbocycles. The van der Waals surface area contributed by atoms with Crippen LogP contribution in [-0.2, 0) is 0 Å². The molecule has 0 saturated heterocycles. The second-order valence-corrected chi connectivity index (χ2v) is 6.10. The first kappa shape index (κ1) is 14.3. The number of halogens is 1. The molecule has 0 aliphatic carbocycles. The molecule has 0 fully saturated rings. The van der Waals surface area contributed by atoms with Gasteiger partial charge in [-0.3, -0.25) is 0 Å². The Bertz CT molecular complexity index is 543. The summed E-state index contributed by atoms with van der Waals surface area (Å²) in [4.78, 5) is 8.14. The highest BCUT2D eigenvalue weighted by molar-refractivity contribution is 9.10. The average Bonchev–Trinajstić information content (AvgIpc) is 2.72. The third-order valence-corrected chi connectivity index (χ3v) is 3.96. The van der Waals surface area contributed by atoms with Crippen molar-refractivity contribution in [1.29, 1.82) is 0 Å². The van der Waals surface area contributed by atoms with E-state index in [0.29, 0.717) is 12.5 Å². The van der Waals surface area contributed by atoms with Gasteiger partial charge in [-0.05, 0) is 25.0 Å². The summed E-state index contributed by atoms with van der Waals surface area (Å²) in [6.07, 6.45) is 0. The number of nitrogens with zero attached hydrogens (tertiary/aromatic N) is 1. The van der Waals surface area contributed by atoms with E-state index in [1.807, 2.05) is 12.1 Å². The molecule has 0 amide bonds. The standard InChI is InChI=1S/C15H20BrN3/c1-9(2)13(8-17)15-18-10(3)14(19-15)11-4-6-12(16)7-5-11/h4-7,9,13H,8,17H2,1-3H3,(H,18,19). The molecule has 0 bridgehead atoms. The number of hydrogen-bond donors (Lipinski definition) is 2. The van der Waals surface area contributed by atoms with Gasteiger partial charge in [-0.15, -0.1) is 0 Å². The lowest BCUT2D eigenvalue weighted by atomic mass is 9.95. The van der Waals surface area contributed by atoms with E-state index in [2.05, 4.69) is 53.8 Å². The van der Waals surface area contributed by atoms with Crippen LogP contribution in [0.1, 0.15) is 31.3 Å². The molecule has 0 aliphatic rings. The highest BCUT2D eigenvalue weighted by Crippen LogP contribution is 2.27. The number of H-pyrrole nitrogens is 1. The normalized spacial score (nSPS) is 12.9. The number of nitrogens with two attached hydrogens (primary N) is 1. The smallest absolute Gasteiger partial charge is 0.111 e. The Morgan fingerprint density at radius 2 is 1.89 bits per heavy atom. The Kier molecular flexibility index (Phi) is 4.42. The van der Waals surface area contributed by atoms with Crippen LogP contribution in [0.15, 0.2) is 28.7 Å². The maximum atomic E-state index is 5.86. The van der Waals surface area contributed by atoms with E-state index in [4.69, 9.17) is 10.7 Å². The van der Waals surface area contributed by atoms with Crippen molar-refractivity contribution in [3.63, 3.8) is 0 Å². The topological polar surface area (TPSA) is 54.7 Å². The predicted octanol–water partition coefficient (Wildman–Crippen LogP) is 3.85. The SMILES string of the molecule is Cc1[nH]c(C(CN)C(C)C)nc1-c1ccc(Br)cc1. The van der Waals surface area contributed by atoms with Crippen molar-refractivity contribution in [1.82, 2.24) is 9.97 Å². The molecule has 1 heterocycles. The molecule has 102 valence electrons. The number of aromatic nitrogens is 2. The van der Waals surface area contributed by atoms with Crippen LogP contribution in [0.2, 0.25) is 0 Å². The maximum absolute atomic E-state index is 5.86. The van der Waals surface area contributed by atoms with E-state index in [9.17, 15) is 0 Å². The van der Waals surface area contributed by atoms with Crippen molar-refractivity contribution in [3.05, 3.63) is 40.3 Å². The molecule has 19 heavy (non-hydrogen) atoms. The third kappa shape index (κ3) is 3.07. The highest BCUT2D eigenvalue weighted by Gasteiger charge is 2.19. The fourth-order valence-electron chi connectivity index (χ4n) is 2.25. The van der Waals surface area contributed by atoms with Gasteiger partial charge in [-0.2, -0.15) is 0 Å². The lowest BCUT2D eigenvalue weighted by Gasteiger charge is -2.15. The lowest BCUT2D eigenvalue weighted by Crippen LogP contribution is -2.19. The molecule has 1 aromatic heterocycles. The Labute approximate surface area is 122 Å². The van der Waals surface area contributed by atoms with Gasteiger partial charge in [0.25, 0.3) is 0 Å². The van der Waals surface area contributed by atoms with E-state index in [1.54, 1.807) is 0 Å². The summed E-state index contributed by atoms with van der Waals surface area (Å²) in [7, 11) is 0. The number of nitrogens with one attached hydrogen (secondary N) is 1. The van der Waals surface area contributed by atoms with Crippen molar-refractivity contribution in [2.24, 2.45) is 11.7 Å². The quantitative estimate of drug-likeness (QED) is 0.898. The van der Waals surface area contributed by atoms with Crippen LogP contribution >= 0.6 is 15.9 Å². The second-order valence-electron chi connectivity index (χ2n) is 5.19. The molecule has 3 nitrogen and oxygen atoms in total. The molecular weight excluding hydrogens is 302 g/mol. The number of benzene rings is 1. The minimum atomic E-state index is 0.280. The summed E-state index contributed by atoms with van der Waals surface area (Å²) in [5.41, 5.74) is 9.09. The molecular formula is C15H20BrN3. The van der Waals surface area contributed by atoms with E-state index < -0.39 is 0 Å². The van der Waals surface area contributed by atoms with Crippen molar-refractivity contribution >= 4 is 15.9 Å². The van der Waals surface area contributed by atoms with Gasteiger partial charge in [0.1, 0.15) is 5.82 Å². The van der Waals surface area contributed by atoms with Gasteiger partial charge in [0, 0.05) is 28.2 Å². The van der Waals surface area contributed by atoms with Gasteiger partial charge in [0.15, 0.2) is 0 Å². The van der Waals surface area contributed by atoms with Crippen LogP contribution in [0.4, 0.5) is 0 Å². The van der Waals surface area contributed by atoms with Crippen LogP contribution in [0.3, 0.4) is 0 Å². The van der Waals surface area contributed by atoms with Crippen molar-refractivity contribution in [3.8, 4) is 11.3 Å². The van der Waals surface area contributed by atoms with Crippen LogP contribution < -0.4 is 5.73 Å². The monoisotopic (exact) mass is 321 g/mol. The minimum absolute atomic E-state index is 0.280. The molecule has 0 spiro atoms. The van der Waals surface area contributed by atoms with E-state index in [-0.39, 0.29) is 5.92 Å². The van der Waals surface area contributed by atoms with Gasteiger partial charge in [-0.1, -0.05) is 41.9 Å². The molecule has 1 aromatic carbocycles. The lowest BCUT2D eigenvalue weighted by molar-refractivity contribution is 0.487. The molecule has 0 radical (unpaired) electrons. The van der Waals surface area contributed by atoms with Crippen LogP contribution in [0, 0.1) is 12.8 Å². The summed E-state index contributed by atoms with van der Waals surface area (Å²) < 4.78 is 1.08. The first-order valence-corrected chi connectivity index (χ1v) is 7.34. The Balaban J connectivity index is 2.38. The van der Waals surface area contributed by atoms with E-state index in [1.165, 1.54) is 0 Å². The van der Waals surface area contributed by atoms with Crippen LogP contribution in [0.25, 0.3) is 11.3 Å². The van der Waals surface area contributed by atoms with Gasteiger partial charge in [0.2, 0.25) is 0 Å². The fraction of sp³-hybridized carbons (Fsp3) is 0.400. The van der Waals surface area contributed by atoms with Crippen LogP contribution in [-0.4, -0.2) is 16.5 Å². The van der Waals surface area contributed by atoms with Gasteiger partial charge in [-0.25, -0.2) is 4.98 Å². The zero-order valence-corrected chi connectivity index (χ0v) is 13.2. The third-order valence-electron chi connectivity index (χ3n) is 3.43. The molecule has 4 heteroatoms. The molecule has 2 rings (SSSR count). The Morgan fingerprint density at radius 3 is 2.42 bits per heavy atom. The molecule has 0 aliphatic heterocycles. The molecule has 3 N–H and O–H groups in total. The summed E-state index contributed by atoms with van der Waals surface area (Å²) in [5.74, 6) is 1.75. The predicted molar refractivity (Wildman–Crippen MR) is 83.1 cm³/mol. The number of aryl methyl sites for hydroxylation is 1. The Morgan fingerprint density at radius 1 is 1.26 bits per heavy atom. The zero-order valence-electron chi connectivity index (χ0n) is 11.6. The van der Waals surface area contributed by atoms with Gasteiger partial charge in [0.05, 0.1) is 5.69 Å². The summed E-state index contributed by atoms with van der Waals surface area (Å²) >= 11 is 3.45. The molecule has 1 atom stereocenters. The highest BCUT2D eigenvalue weighted by atomic mass is 79.9. The van der Waals surface area contributed by atoms with Crippen molar-refractivity contribution < 1.29 is 0 Å². The van der Waals surface area contributed by atoms with Gasteiger partial charge >= 0.3 is 0 Å². The van der Waals surface area contributed by atoms with Gasteiger partial charge < -0.3 is 10.7 Å². The number of hydrogen-bond acceptors (Lipinski definition) is 2. The van der Waals surface area contributed by atoms with Crippen LogP contribution in [0.5, 0.6) is 0 Å². The maximum Gasteiger partial charge on any atom is 0.111 e. The fourth-order valence-corrected chi connectivity index (χ4v) is 2.51. The second kappa shape index (κ2) is 5.88. The Hall–Kier alpha value is -1.13. The van der Waals surface area contributed by atoms with Crippen molar-refractivity contribution in [2.45, 2.75) is 26.7 Å². The summed E-state index contributed by atoms with van der Waals surface area (Å²) in [6, 6.07) is 8.21. The first-order chi connectivity index (χ1) is 9.02. The summed E-state index contributed by atoms with van der Waals surface area (Å²) in [5, 5.41) is 0. The van der Waals surface area contributed by atoms with E-state index in [0.717, 1.165) is 27.2 Å². The summed E-state index contributed by atoms with van der Waals surface area (Å²) in [6.45, 7) is 7.02. The molecule has 2 aromatic rings. The number of rotatable bonds is 4. The average molecular weight is 322 g/mol. The molecule has 1 unspecified atom stereocenters. The minimum Gasteiger partial charge on any atom is -0.345 e. The number of imidazole rings is 1. The van der Waals surface area contributed by atoms with E-state index >= 15 is 0 Å².